The number of hydrogen-bond donors (Lipinski definition) is 4. The van der Waals surface area contributed by atoms with Crippen LogP contribution in [-0.2, 0) is 48.1 Å². The Morgan fingerprint density at radius 3 is 2.51 bits per heavy atom. The van der Waals surface area contributed by atoms with Gasteiger partial charge in [0.25, 0.3) is 5.91 Å². The molecule has 4 aromatic rings. The second-order valence-corrected chi connectivity index (χ2v) is 21.0. The van der Waals surface area contributed by atoms with E-state index in [2.05, 4.69) is 79.5 Å². The number of carbonyl (C=O) groups is 5. The summed E-state index contributed by atoms with van der Waals surface area (Å²) >= 11 is 0. The smallest absolute Gasteiger partial charge is 0.324 e. The van der Waals surface area contributed by atoms with Crippen molar-refractivity contribution in [2.45, 2.75) is 129 Å². The highest BCUT2D eigenvalue weighted by molar-refractivity contribution is 5.96. The van der Waals surface area contributed by atoms with Crippen molar-refractivity contribution in [2.24, 2.45) is 17.3 Å². The van der Waals surface area contributed by atoms with Crippen LogP contribution in [0.4, 0.5) is 0 Å². The molecule has 15 heteroatoms. The Labute approximate surface area is 399 Å². The summed E-state index contributed by atoms with van der Waals surface area (Å²) in [5.74, 6) is -1.86. The number of ether oxygens (including phenoxy) is 1. The van der Waals surface area contributed by atoms with Crippen molar-refractivity contribution < 1.29 is 33.8 Å². The van der Waals surface area contributed by atoms with E-state index in [0.29, 0.717) is 64.0 Å². The molecule has 2 aromatic heterocycles. The fourth-order valence-electron chi connectivity index (χ4n) is 11.4. The third-order valence-corrected chi connectivity index (χ3v) is 14.9. The van der Waals surface area contributed by atoms with Crippen LogP contribution in [0.2, 0.25) is 0 Å². The fourth-order valence-corrected chi connectivity index (χ4v) is 11.4. The number of likely N-dealkylation sites (tertiary alicyclic amines) is 1. The van der Waals surface area contributed by atoms with E-state index in [1.807, 2.05) is 18.3 Å². The Kier molecular flexibility index (Phi) is 13.4. The fraction of sp³-hybridized carbons (Fsp3) is 0.547. The van der Waals surface area contributed by atoms with Gasteiger partial charge in [0.1, 0.15) is 23.9 Å². The quantitative estimate of drug-likeness (QED) is 0.120. The second kappa shape index (κ2) is 19.3. The van der Waals surface area contributed by atoms with Crippen molar-refractivity contribution in [3.05, 3.63) is 71.5 Å². The van der Waals surface area contributed by atoms with E-state index in [1.165, 1.54) is 5.01 Å². The number of hydrazine groups is 1. The average Bonchev–Trinajstić information content (AvgIpc) is 3.67. The molecule has 0 unspecified atom stereocenters. The van der Waals surface area contributed by atoms with Gasteiger partial charge in [0, 0.05) is 74.3 Å². The van der Waals surface area contributed by atoms with Crippen molar-refractivity contribution in [3.8, 4) is 28.1 Å². The largest absolute Gasteiger partial charge is 0.508 e. The molecule has 0 spiro atoms. The normalized spacial score (nSPS) is 23.6. The van der Waals surface area contributed by atoms with Crippen molar-refractivity contribution in [2.75, 3.05) is 39.8 Å². The van der Waals surface area contributed by atoms with Crippen LogP contribution in [0.15, 0.2) is 54.7 Å². The summed E-state index contributed by atoms with van der Waals surface area (Å²) in [6.45, 7) is 13.3. The van der Waals surface area contributed by atoms with Crippen LogP contribution in [-0.4, -0.2) is 123 Å². The molecule has 6 bridgehead atoms. The van der Waals surface area contributed by atoms with Crippen LogP contribution in [0.5, 0.6) is 5.75 Å². The van der Waals surface area contributed by atoms with Gasteiger partial charge >= 0.3 is 5.97 Å². The summed E-state index contributed by atoms with van der Waals surface area (Å²) in [4.78, 5) is 79.1. The highest BCUT2D eigenvalue weighted by Gasteiger charge is 2.44. The molecule has 0 radical (unpaired) electrons. The van der Waals surface area contributed by atoms with Crippen molar-refractivity contribution in [3.63, 3.8) is 0 Å². The van der Waals surface area contributed by atoms with E-state index < -0.39 is 47.2 Å². The molecule has 9 rings (SSSR count). The average molecular weight is 929 g/mol. The highest BCUT2D eigenvalue weighted by Crippen LogP contribution is 2.42. The first-order chi connectivity index (χ1) is 32.6. The minimum atomic E-state index is -1.12. The Bertz CT molecular complexity index is 2600. The van der Waals surface area contributed by atoms with Gasteiger partial charge in [-0.15, -0.1) is 0 Å². The molecular formula is C53H68N8O7. The number of esters is 1. The third kappa shape index (κ3) is 9.61. The molecule has 4 aliphatic heterocycles. The number of pyridine rings is 1. The van der Waals surface area contributed by atoms with E-state index in [4.69, 9.17) is 9.72 Å². The first-order valence-electron chi connectivity index (χ1n) is 24.9. The van der Waals surface area contributed by atoms with E-state index in [1.54, 1.807) is 29.0 Å². The maximum absolute atomic E-state index is 14.9. The Hall–Kier alpha value is -5.80. The number of aromatic hydroxyl groups is 1. The van der Waals surface area contributed by atoms with Gasteiger partial charge in [0.15, 0.2) is 0 Å². The lowest BCUT2D eigenvalue weighted by Crippen LogP contribution is -2.62. The monoisotopic (exact) mass is 929 g/mol. The molecule has 2 aromatic carbocycles. The van der Waals surface area contributed by atoms with E-state index in [0.717, 1.165) is 70.2 Å². The summed E-state index contributed by atoms with van der Waals surface area (Å²) in [6, 6.07) is 12.8. The molecule has 5 aliphatic rings. The number of hydrogen-bond acceptors (Lipinski definition) is 10. The number of aromatic nitrogens is 2. The maximum Gasteiger partial charge on any atom is 0.324 e. The van der Waals surface area contributed by atoms with Gasteiger partial charge in [0.2, 0.25) is 17.7 Å². The van der Waals surface area contributed by atoms with Gasteiger partial charge in [-0.2, -0.15) is 0 Å². The highest BCUT2D eigenvalue weighted by atomic mass is 16.5. The summed E-state index contributed by atoms with van der Waals surface area (Å²) in [6.07, 6.45) is 7.35. The van der Waals surface area contributed by atoms with Crippen LogP contribution in [0, 0.1) is 17.3 Å². The van der Waals surface area contributed by atoms with Gasteiger partial charge in [-0.05, 0) is 116 Å². The second-order valence-electron chi connectivity index (χ2n) is 21.0. The Morgan fingerprint density at radius 1 is 1.00 bits per heavy atom. The number of fused-ring (bicyclic) bond motifs is 6. The third-order valence-electron chi connectivity index (χ3n) is 14.9. The molecule has 15 nitrogen and oxygen atoms in total. The van der Waals surface area contributed by atoms with E-state index in [-0.39, 0.29) is 48.5 Å². The minimum Gasteiger partial charge on any atom is -0.508 e. The number of nitrogens with zero attached hydrogens (tertiary/aromatic N) is 5. The summed E-state index contributed by atoms with van der Waals surface area (Å²) in [5, 5.41) is 20.0. The van der Waals surface area contributed by atoms with Crippen LogP contribution in [0.3, 0.4) is 0 Å². The molecule has 6 heterocycles. The Balaban J connectivity index is 1.10. The minimum absolute atomic E-state index is 0.00875. The standard InChI is InChI=1S/C53H68N8O7/c1-7-60-44-17-16-34-26-39(44)40(47(60)38-14-10-19-54-45(38)31(2)3)27-53(4,5)30-68-52(67)41-15-11-20-61(57-41)51(66)42(24-32-22-36(34)25-37(62)23-32)56-48(63)46(33-12-8-9-13-33)58(6)49(64)35-18-21-59(29-35)50(65)43-28-55-43/h10,14,16-17,19,22-23,25-26,31,33,35,41-43,46,55,57,62H,7-9,11-13,15,18,20-21,24,27-30H2,1-6H3,(H,56,63)/t35-,41-,42-,43+,46-/m0/s1. The molecule has 4 N–H and O–H groups in total. The van der Waals surface area contributed by atoms with Gasteiger partial charge in [-0.3, -0.25) is 34.0 Å². The van der Waals surface area contributed by atoms with Gasteiger partial charge in [-0.25, -0.2) is 5.43 Å². The number of rotatable bonds is 9. The van der Waals surface area contributed by atoms with Gasteiger partial charge in [0.05, 0.1) is 30.0 Å². The number of phenolic OH excluding ortho intramolecular Hbond substituents is 1. The molecule has 362 valence electrons. The zero-order valence-electron chi connectivity index (χ0n) is 40.5. The number of carbonyl (C=O) groups excluding carboxylic acids is 5. The zero-order valence-corrected chi connectivity index (χ0v) is 40.5. The van der Waals surface area contributed by atoms with Gasteiger partial charge in [-0.1, -0.05) is 52.7 Å². The number of amides is 4. The predicted octanol–water partition coefficient (Wildman–Crippen LogP) is 5.71. The van der Waals surface area contributed by atoms with Crippen molar-refractivity contribution >= 4 is 40.5 Å². The summed E-state index contributed by atoms with van der Waals surface area (Å²) in [7, 11) is 1.68. The lowest BCUT2D eigenvalue weighted by atomic mass is 9.83. The molecule has 1 saturated carbocycles. The number of nitrogens with one attached hydrogen (secondary N) is 3. The predicted molar refractivity (Wildman–Crippen MR) is 259 cm³/mol. The first-order valence-corrected chi connectivity index (χ1v) is 24.9. The molecular weight excluding hydrogens is 861 g/mol. The molecule has 4 amide bonds. The Morgan fingerprint density at radius 2 is 1.78 bits per heavy atom. The SMILES string of the molecule is CCn1c(-c2cccnc2C(C)C)c2c3cc(ccc31)-c1cc(O)cc(c1)C[C@H](NC(=O)[C@H](C1CCCC1)N(C)C(=O)[C@H]1CCN(C(=O)[C@H]3CN3)C1)C(=O)N1CCC[C@H](N1)C(=O)OCC(C)(C)C2. The summed E-state index contributed by atoms with van der Waals surface area (Å²) in [5.41, 5.74) is 10.2. The van der Waals surface area contributed by atoms with Crippen LogP contribution in [0.25, 0.3) is 33.3 Å². The lowest BCUT2D eigenvalue weighted by molar-refractivity contribution is -0.155. The van der Waals surface area contributed by atoms with Crippen molar-refractivity contribution in [1.82, 2.24) is 40.4 Å². The first kappa shape index (κ1) is 47.3. The zero-order chi connectivity index (χ0) is 48.0. The number of likely N-dealkylation sites (N-methyl/N-ethyl adjacent to an activating group) is 1. The molecule has 1 aliphatic carbocycles. The number of aryl methyl sites for hydroxylation is 1. The van der Waals surface area contributed by atoms with Crippen LogP contribution >= 0.6 is 0 Å². The van der Waals surface area contributed by atoms with Crippen LogP contribution < -0.4 is 16.1 Å². The van der Waals surface area contributed by atoms with Crippen molar-refractivity contribution in [1.29, 1.82) is 0 Å². The molecule has 5 atom stereocenters. The van der Waals surface area contributed by atoms with E-state index >= 15 is 0 Å². The van der Waals surface area contributed by atoms with Crippen LogP contribution in [0.1, 0.15) is 102 Å². The summed E-state index contributed by atoms with van der Waals surface area (Å²) < 4.78 is 8.49. The lowest BCUT2D eigenvalue weighted by Gasteiger charge is -2.37. The maximum atomic E-state index is 14.9. The van der Waals surface area contributed by atoms with E-state index in [9.17, 15) is 29.1 Å². The number of phenols is 1. The van der Waals surface area contributed by atoms with Gasteiger partial charge < -0.3 is 34.8 Å². The topological polar surface area (TPSA) is 188 Å². The number of benzene rings is 2. The molecule has 3 saturated heterocycles. The number of cyclic esters (lactones) is 1. The molecule has 4 fully saturated rings. The molecule has 68 heavy (non-hydrogen) atoms.